The van der Waals surface area contributed by atoms with E-state index in [9.17, 15) is 18.0 Å². The summed E-state index contributed by atoms with van der Waals surface area (Å²) in [4.78, 5) is 15.9. The van der Waals surface area contributed by atoms with Gasteiger partial charge >= 0.3 is 6.18 Å². The number of nitrogens with one attached hydrogen (secondary N) is 1. The Kier molecular flexibility index (Phi) is 3.28. The first-order valence-corrected chi connectivity index (χ1v) is 6.76. The van der Waals surface area contributed by atoms with Crippen LogP contribution in [-0.2, 0) is 6.18 Å². The van der Waals surface area contributed by atoms with Crippen LogP contribution in [0.2, 0.25) is 0 Å². The molecule has 2 fully saturated rings. The van der Waals surface area contributed by atoms with Gasteiger partial charge in [0.1, 0.15) is 0 Å². The molecule has 108 valence electrons. The number of Topliss-reactive ketones (excluding diaryl/α,β-unsaturated/α-hetero) is 1. The monoisotopic (exact) mass is 284 g/mol. The molecule has 3 nitrogen and oxygen atoms in total. The number of hydrogen-bond donors (Lipinski definition) is 1. The van der Waals surface area contributed by atoms with Crippen LogP contribution >= 0.6 is 0 Å². The molecule has 2 aliphatic heterocycles. The smallest absolute Gasteiger partial charge is 0.311 e. The number of rotatable bonds is 2. The van der Waals surface area contributed by atoms with Crippen molar-refractivity contribution in [2.24, 2.45) is 5.92 Å². The number of piperidine rings is 1. The molecule has 1 aromatic rings. The van der Waals surface area contributed by atoms with Gasteiger partial charge < -0.3 is 5.32 Å². The Labute approximate surface area is 114 Å². The summed E-state index contributed by atoms with van der Waals surface area (Å²) in [6, 6.07) is 1.59. The first kappa shape index (κ1) is 13.5. The summed E-state index contributed by atoms with van der Waals surface area (Å²) in [5.74, 6) is -0.388. The molecule has 6 heteroatoms. The van der Waals surface area contributed by atoms with Gasteiger partial charge in [0.15, 0.2) is 5.78 Å². The van der Waals surface area contributed by atoms with Crippen LogP contribution in [0, 0.1) is 5.92 Å². The van der Waals surface area contributed by atoms with Crippen LogP contribution in [0.1, 0.15) is 41.6 Å². The van der Waals surface area contributed by atoms with E-state index in [1.54, 1.807) is 0 Å². The third kappa shape index (κ3) is 2.57. The van der Waals surface area contributed by atoms with E-state index in [1.165, 1.54) is 6.20 Å². The second-order valence-electron chi connectivity index (χ2n) is 5.63. The van der Waals surface area contributed by atoms with E-state index in [0.717, 1.165) is 25.1 Å². The van der Waals surface area contributed by atoms with E-state index in [-0.39, 0.29) is 17.3 Å². The highest BCUT2D eigenvalue weighted by molar-refractivity contribution is 5.97. The first-order chi connectivity index (χ1) is 9.43. The molecule has 0 radical (unpaired) electrons. The van der Waals surface area contributed by atoms with Crippen LogP contribution in [0.4, 0.5) is 13.2 Å². The Morgan fingerprint density at radius 2 is 1.85 bits per heavy atom. The quantitative estimate of drug-likeness (QED) is 0.849. The molecule has 3 heterocycles. The molecule has 2 unspecified atom stereocenters. The van der Waals surface area contributed by atoms with Crippen LogP contribution in [0.15, 0.2) is 18.5 Å². The number of aromatic nitrogens is 1. The minimum Gasteiger partial charge on any atom is -0.311 e. The number of nitrogens with zero attached hydrogens (tertiary/aromatic N) is 1. The number of pyridine rings is 1. The Morgan fingerprint density at radius 1 is 1.20 bits per heavy atom. The summed E-state index contributed by atoms with van der Waals surface area (Å²) in [6.45, 7) is 0. The zero-order valence-electron chi connectivity index (χ0n) is 10.8. The minimum atomic E-state index is -4.46. The van der Waals surface area contributed by atoms with Crippen LogP contribution in [0.3, 0.4) is 0 Å². The molecule has 2 aliphatic rings. The number of ketones is 1. The van der Waals surface area contributed by atoms with Gasteiger partial charge in [0.05, 0.1) is 5.56 Å². The molecule has 0 aliphatic carbocycles. The van der Waals surface area contributed by atoms with Crippen molar-refractivity contribution in [3.05, 3.63) is 29.6 Å². The second kappa shape index (κ2) is 4.84. The third-order valence-corrected chi connectivity index (χ3v) is 4.19. The van der Waals surface area contributed by atoms with Crippen molar-refractivity contribution >= 4 is 5.78 Å². The van der Waals surface area contributed by atoms with E-state index < -0.39 is 11.7 Å². The van der Waals surface area contributed by atoms with Gasteiger partial charge in [-0.15, -0.1) is 0 Å². The van der Waals surface area contributed by atoms with Gasteiger partial charge in [-0.05, 0) is 31.7 Å². The van der Waals surface area contributed by atoms with E-state index in [0.29, 0.717) is 24.9 Å². The van der Waals surface area contributed by atoms with Crippen molar-refractivity contribution in [1.29, 1.82) is 0 Å². The molecule has 0 saturated carbocycles. The van der Waals surface area contributed by atoms with E-state index >= 15 is 0 Å². The van der Waals surface area contributed by atoms with E-state index in [4.69, 9.17) is 0 Å². The number of carbonyl (C=O) groups excluding carboxylic acids is 1. The lowest BCUT2D eigenvalue weighted by atomic mass is 9.86. The summed E-state index contributed by atoms with van der Waals surface area (Å²) < 4.78 is 37.9. The average Bonchev–Trinajstić information content (AvgIpc) is 2.76. The van der Waals surface area contributed by atoms with Crippen LogP contribution < -0.4 is 5.32 Å². The normalized spacial score (nSPS) is 29.4. The summed E-state index contributed by atoms with van der Waals surface area (Å²) >= 11 is 0. The topological polar surface area (TPSA) is 42.0 Å². The molecular formula is C14H15F3N2O. The second-order valence-corrected chi connectivity index (χ2v) is 5.63. The van der Waals surface area contributed by atoms with Crippen molar-refractivity contribution in [3.8, 4) is 0 Å². The van der Waals surface area contributed by atoms with E-state index in [2.05, 4.69) is 10.3 Å². The average molecular weight is 284 g/mol. The minimum absolute atomic E-state index is 0.0751. The van der Waals surface area contributed by atoms with Crippen molar-refractivity contribution in [2.75, 3.05) is 0 Å². The largest absolute Gasteiger partial charge is 0.417 e. The zero-order chi connectivity index (χ0) is 14.3. The van der Waals surface area contributed by atoms with Gasteiger partial charge in [0.2, 0.25) is 0 Å². The molecule has 1 aromatic heterocycles. The summed E-state index contributed by atoms with van der Waals surface area (Å²) in [6.07, 6.45) is 1.06. The fourth-order valence-electron chi connectivity index (χ4n) is 3.24. The zero-order valence-corrected chi connectivity index (χ0v) is 10.8. The lowest BCUT2D eigenvalue weighted by Crippen LogP contribution is -2.40. The molecule has 0 aromatic carbocycles. The number of alkyl halides is 3. The highest BCUT2D eigenvalue weighted by Crippen LogP contribution is 2.34. The molecule has 2 atom stereocenters. The van der Waals surface area contributed by atoms with Crippen molar-refractivity contribution in [3.63, 3.8) is 0 Å². The Bertz CT molecular complexity index is 517. The highest BCUT2D eigenvalue weighted by Gasteiger charge is 2.38. The third-order valence-electron chi connectivity index (χ3n) is 4.19. The van der Waals surface area contributed by atoms with Gasteiger partial charge in [-0.3, -0.25) is 9.78 Å². The molecule has 0 amide bonds. The van der Waals surface area contributed by atoms with Crippen molar-refractivity contribution in [1.82, 2.24) is 10.3 Å². The van der Waals surface area contributed by atoms with Gasteiger partial charge in [0, 0.05) is 36.0 Å². The highest BCUT2D eigenvalue weighted by atomic mass is 19.4. The summed E-state index contributed by atoms with van der Waals surface area (Å²) in [5, 5.41) is 3.41. The molecule has 3 rings (SSSR count). The molecular weight excluding hydrogens is 269 g/mol. The Hall–Kier alpha value is -1.43. The lowest BCUT2D eigenvalue weighted by Gasteiger charge is -2.28. The predicted molar refractivity (Wildman–Crippen MR) is 66.2 cm³/mol. The van der Waals surface area contributed by atoms with Crippen LogP contribution in [0.5, 0.6) is 0 Å². The maximum atomic E-state index is 12.6. The van der Waals surface area contributed by atoms with Crippen molar-refractivity contribution < 1.29 is 18.0 Å². The van der Waals surface area contributed by atoms with Gasteiger partial charge in [-0.2, -0.15) is 13.2 Å². The molecule has 2 saturated heterocycles. The fourth-order valence-corrected chi connectivity index (χ4v) is 3.24. The number of halogens is 3. The first-order valence-electron chi connectivity index (χ1n) is 6.76. The predicted octanol–water partition coefficient (Wildman–Crippen LogP) is 2.81. The molecule has 0 spiro atoms. The van der Waals surface area contributed by atoms with Crippen molar-refractivity contribution in [2.45, 2.75) is 43.9 Å². The summed E-state index contributed by atoms with van der Waals surface area (Å²) in [7, 11) is 0. The lowest BCUT2D eigenvalue weighted by molar-refractivity contribution is -0.137. The number of carbonyl (C=O) groups is 1. The Morgan fingerprint density at radius 3 is 2.45 bits per heavy atom. The van der Waals surface area contributed by atoms with Crippen LogP contribution in [0.25, 0.3) is 0 Å². The SMILES string of the molecule is O=C(c1cncc(C(F)(F)F)c1)C1CC2CCC(C1)N2. The van der Waals surface area contributed by atoms with Crippen LogP contribution in [-0.4, -0.2) is 22.9 Å². The summed E-state index contributed by atoms with van der Waals surface area (Å²) in [5.41, 5.74) is -0.786. The van der Waals surface area contributed by atoms with Gasteiger partial charge in [-0.1, -0.05) is 0 Å². The maximum Gasteiger partial charge on any atom is 0.417 e. The maximum absolute atomic E-state index is 12.6. The molecule has 1 N–H and O–H groups in total. The van der Waals surface area contributed by atoms with Gasteiger partial charge in [-0.25, -0.2) is 0 Å². The number of hydrogen-bond acceptors (Lipinski definition) is 3. The van der Waals surface area contributed by atoms with E-state index in [1.807, 2.05) is 0 Å². The van der Waals surface area contributed by atoms with Gasteiger partial charge in [0.25, 0.3) is 0 Å². The fraction of sp³-hybridized carbons (Fsp3) is 0.571. The molecule has 2 bridgehead atoms. The Balaban J connectivity index is 1.80. The molecule has 20 heavy (non-hydrogen) atoms. The number of fused-ring (bicyclic) bond motifs is 2. The standard InChI is InChI=1S/C14H15F3N2O/c15-14(16,17)10-3-9(6-18-7-10)13(20)8-4-11-1-2-12(5-8)19-11/h3,6-8,11-12,19H,1-2,4-5H2.